The van der Waals surface area contributed by atoms with Crippen molar-refractivity contribution < 1.29 is 19.2 Å². The Morgan fingerprint density at radius 2 is 0.803 bits per heavy atom. The summed E-state index contributed by atoms with van der Waals surface area (Å²) in [6.45, 7) is 50.0. The zero-order valence-electron chi connectivity index (χ0n) is 42.4. The largest absolute Gasteiger partial charge is 0.393 e. The number of oxime groups is 1. The van der Waals surface area contributed by atoms with E-state index in [-0.39, 0.29) is 126 Å². The minimum atomic E-state index is -0.0399. The van der Waals surface area contributed by atoms with Crippen LogP contribution in [0.25, 0.3) is 0 Å². The van der Waals surface area contributed by atoms with Crippen LogP contribution in [0, 0.1) is 47.3 Å². The molecule has 0 aliphatic rings. The van der Waals surface area contributed by atoms with E-state index in [0.29, 0.717) is 47.8 Å². The molecule has 11 heteroatoms. The van der Waals surface area contributed by atoms with Gasteiger partial charge in [0.05, 0.1) is 6.10 Å². The lowest BCUT2D eigenvalue weighted by Gasteiger charge is -2.08. The predicted molar refractivity (Wildman–Crippen MR) is 345 cm³/mol. The molecule has 71 heavy (non-hydrogen) atoms. The molecule has 0 aromatic carbocycles. The molecule has 0 radical (unpaired) electrons. The van der Waals surface area contributed by atoms with Crippen molar-refractivity contribution in [1.29, 1.82) is 0 Å². The first kappa shape index (κ1) is 127. The van der Waals surface area contributed by atoms with Crippen LogP contribution in [0.1, 0.15) is 269 Å². The number of allylic oxidation sites excluding steroid dienone is 2. The second-order valence-corrected chi connectivity index (χ2v) is 17.9. The fourth-order valence-corrected chi connectivity index (χ4v) is 2.47. The molecular weight excluding hydrogens is 883 g/mol. The van der Waals surface area contributed by atoms with Gasteiger partial charge in [0.25, 0.3) is 0 Å². The molecule has 0 aromatic rings. The first-order valence-corrected chi connectivity index (χ1v) is 21.9. The average Bonchev–Trinajstić information content (AvgIpc) is 3.04. The Kier molecular flexibility index (Phi) is 160. The molecule has 2 amide bonds. The van der Waals surface area contributed by atoms with Gasteiger partial charge in [0.15, 0.2) is 0 Å². The Bertz CT molecular complexity index is 929. The third kappa shape index (κ3) is 169. The second kappa shape index (κ2) is 89.6. The van der Waals surface area contributed by atoms with E-state index in [1.807, 2.05) is 73.9 Å². The van der Waals surface area contributed by atoms with Crippen molar-refractivity contribution in [3.8, 4) is 0 Å². The van der Waals surface area contributed by atoms with E-state index in [0.717, 1.165) is 12.5 Å². The quantitative estimate of drug-likeness (QED) is 0.0751. The van der Waals surface area contributed by atoms with Crippen LogP contribution in [0.15, 0.2) is 39.9 Å². The van der Waals surface area contributed by atoms with E-state index in [9.17, 15) is 9.59 Å². The van der Waals surface area contributed by atoms with E-state index >= 15 is 0 Å². The number of nitrogens with one attached hydrogen (secondary N) is 4. The predicted octanol–water partition coefficient (Wildman–Crippen LogP) is 19.9. The zero-order chi connectivity index (χ0) is 46.8. The first-order valence-electron chi connectivity index (χ1n) is 21.9. The summed E-state index contributed by atoms with van der Waals surface area (Å²) < 4.78 is 5.35. The number of nitrogens with zero attached hydrogens (tertiary/aromatic N) is 3. The van der Waals surface area contributed by atoms with Crippen LogP contribution in [-0.4, -0.2) is 61.4 Å². The number of amides is 2. The minimum absolute atomic E-state index is 0. The summed E-state index contributed by atoms with van der Waals surface area (Å²) in [6.07, 6.45) is 15.0. The summed E-state index contributed by atoms with van der Waals surface area (Å²) in [7, 11) is 0. The lowest BCUT2D eigenvalue weighted by atomic mass is 10.1. The maximum Gasteiger partial charge on any atom is 0.242 e. The average molecular weight is 1030 g/mol. The highest BCUT2D eigenvalue weighted by atomic mass is 16.6. The molecule has 0 unspecified atom stereocenters. The van der Waals surface area contributed by atoms with Gasteiger partial charge in [-0.3, -0.25) is 9.59 Å². The molecule has 0 aromatic heterocycles. The highest BCUT2D eigenvalue weighted by molar-refractivity contribution is 5.79. The van der Waals surface area contributed by atoms with Crippen molar-refractivity contribution in [2.45, 2.75) is 293 Å². The molecule has 0 bridgehead atoms. The van der Waals surface area contributed by atoms with Crippen molar-refractivity contribution in [3.05, 3.63) is 24.6 Å². The molecule has 11 nitrogen and oxygen atoms in total. The van der Waals surface area contributed by atoms with Crippen LogP contribution >= 0.6 is 0 Å². The van der Waals surface area contributed by atoms with Crippen molar-refractivity contribution in [1.82, 2.24) is 21.5 Å². The Morgan fingerprint density at radius 1 is 0.437 bits per heavy atom. The molecule has 0 rings (SSSR count). The minimum Gasteiger partial charge on any atom is -0.393 e. The molecule has 0 aliphatic carbocycles. The van der Waals surface area contributed by atoms with Gasteiger partial charge in [-0.05, 0) is 110 Å². The van der Waals surface area contributed by atoms with Gasteiger partial charge < -0.3 is 25.6 Å². The summed E-state index contributed by atoms with van der Waals surface area (Å²) in [5.41, 5.74) is 5.39. The summed E-state index contributed by atoms with van der Waals surface area (Å²) >= 11 is 0. The summed E-state index contributed by atoms with van der Waals surface area (Å²) in [6, 6.07) is 1.000. The van der Waals surface area contributed by atoms with Crippen LogP contribution in [0.5, 0.6) is 0 Å². The van der Waals surface area contributed by atoms with Gasteiger partial charge in [0.2, 0.25) is 11.8 Å². The molecular formula is C60H151N7O4. The highest BCUT2D eigenvalue weighted by Crippen LogP contribution is 2.00. The Labute approximate surface area is 456 Å². The fraction of sp³-hybridized carbons (Fsp3) is 0.850. The molecule has 450 valence electrons. The fourth-order valence-electron chi connectivity index (χ4n) is 2.47. The zero-order valence-corrected chi connectivity index (χ0v) is 42.4. The highest BCUT2D eigenvalue weighted by Gasteiger charge is 2.04. The SMILES string of the molecule is C.C.C.C.C.C.C.C.C.C.C.C.C.CC(C)/C=N/OC(C)C.CC(C)C=CNC(=O)C(C)C.CC(C)C=CNC(C)C.CC(C)C=NNC(=O)C(C)C.CC(C)C=NNC(C)C.CC(C)CCOC(C)C. The Hall–Kier alpha value is -3.21. The number of ether oxygens (including phenoxy) is 1. The molecule has 0 fully saturated rings. The van der Waals surface area contributed by atoms with Gasteiger partial charge in [-0.25, -0.2) is 5.43 Å². The van der Waals surface area contributed by atoms with Crippen molar-refractivity contribution in [3.63, 3.8) is 0 Å². The number of hydrazone groups is 2. The number of carbonyl (C=O) groups excluding carboxylic acids is 2. The van der Waals surface area contributed by atoms with Gasteiger partial charge in [0.1, 0.15) is 6.10 Å². The molecule has 0 saturated carbocycles. The number of rotatable bonds is 19. The Morgan fingerprint density at radius 3 is 1.08 bits per heavy atom. The van der Waals surface area contributed by atoms with Crippen LogP contribution in [0.3, 0.4) is 0 Å². The lowest BCUT2D eigenvalue weighted by Crippen LogP contribution is -2.23. The maximum atomic E-state index is 11.0. The van der Waals surface area contributed by atoms with Gasteiger partial charge in [-0.15, -0.1) is 0 Å². The maximum absolute atomic E-state index is 11.0. The molecule has 0 atom stereocenters. The van der Waals surface area contributed by atoms with E-state index in [2.05, 4.69) is 154 Å². The summed E-state index contributed by atoms with van der Waals surface area (Å²) in [5.74, 6) is 3.39. The molecule has 0 spiro atoms. The van der Waals surface area contributed by atoms with Crippen LogP contribution in [0.2, 0.25) is 0 Å². The molecule has 4 N–H and O–H groups in total. The van der Waals surface area contributed by atoms with Gasteiger partial charge >= 0.3 is 0 Å². The molecule has 0 heterocycles. The monoisotopic (exact) mass is 1030 g/mol. The van der Waals surface area contributed by atoms with Gasteiger partial charge in [-0.1, -0.05) is 225 Å². The summed E-state index contributed by atoms with van der Waals surface area (Å²) in [5, 5.41) is 17.4. The van der Waals surface area contributed by atoms with E-state index < -0.39 is 0 Å². The third-order valence-electron chi connectivity index (χ3n) is 5.70. The van der Waals surface area contributed by atoms with Gasteiger partial charge in [0, 0.05) is 49.2 Å². The number of hydrogen-bond acceptors (Lipinski definition) is 9. The van der Waals surface area contributed by atoms with Crippen molar-refractivity contribution in [2.75, 3.05) is 6.61 Å². The van der Waals surface area contributed by atoms with Crippen molar-refractivity contribution in [2.24, 2.45) is 62.7 Å². The smallest absolute Gasteiger partial charge is 0.242 e. The van der Waals surface area contributed by atoms with Gasteiger partial charge in [-0.2, -0.15) is 10.2 Å². The Balaban J connectivity index is -0.0000000260. The third-order valence-corrected chi connectivity index (χ3v) is 5.70. The van der Waals surface area contributed by atoms with Crippen molar-refractivity contribution >= 4 is 30.5 Å². The molecule has 0 saturated heterocycles. The van der Waals surface area contributed by atoms with E-state index in [1.165, 1.54) is 6.42 Å². The van der Waals surface area contributed by atoms with E-state index in [4.69, 9.17) is 9.57 Å². The number of hydrogen-bond donors (Lipinski definition) is 4. The molecule has 0 aliphatic heterocycles. The first-order chi connectivity index (χ1) is 26.6. The number of carbonyl (C=O) groups is 2. The van der Waals surface area contributed by atoms with E-state index in [1.54, 1.807) is 18.6 Å². The van der Waals surface area contributed by atoms with Crippen LogP contribution < -0.4 is 21.5 Å². The summed E-state index contributed by atoms with van der Waals surface area (Å²) in [4.78, 5) is 26.8. The van der Waals surface area contributed by atoms with Crippen LogP contribution in [-0.2, 0) is 19.2 Å². The topological polar surface area (TPSA) is 138 Å². The van der Waals surface area contributed by atoms with Crippen LogP contribution in [0.4, 0.5) is 0 Å². The normalized spacial score (nSPS) is 9.46. The standard InChI is InChI=1S/C9H17NO.C8H16N2O.C8H17N.C8H18O.C7H16N2.C7H15NO.13CH4/c1-7(2)5-6-10-9(11)8(3)4;1-6(2)5-9-10-8(11)7(3)4;2*1-7(2)5-6-9-8(3)4;2*1-6(2)5-8-9-7(3)4;;;;;;;;;;;;;/h5-8H,1-4H3,(H,10,11);5-7H,1-4H3,(H,10,11);5-9H,1-4H3;7-8H,5-6H2,1-4H3;5-7,9H,1-4H3;5-7H,1-4H3;13*1H4/b;;;;;8-5+;;;;;;;;;;;;;. The second-order valence-electron chi connectivity index (χ2n) is 17.9. The lowest BCUT2D eigenvalue weighted by molar-refractivity contribution is -0.124.